The zero-order valence-electron chi connectivity index (χ0n) is 12.7. The fourth-order valence-corrected chi connectivity index (χ4v) is 3.46. The van der Waals surface area contributed by atoms with Gasteiger partial charge in [-0.15, -0.1) is 0 Å². The van der Waals surface area contributed by atoms with Crippen molar-refractivity contribution >= 4 is 38.9 Å². The van der Waals surface area contributed by atoms with E-state index in [4.69, 9.17) is 11.6 Å². The molecule has 2 N–H and O–H groups in total. The first kappa shape index (κ1) is 19.1. The van der Waals surface area contributed by atoms with E-state index in [2.05, 4.69) is 10.0 Å². The molecule has 0 spiro atoms. The lowest BCUT2D eigenvalue weighted by atomic mass is 10.2. The summed E-state index contributed by atoms with van der Waals surface area (Å²) in [7, 11) is -4.53. The van der Waals surface area contributed by atoms with Gasteiger partial charge in [0.05, 0.1) is 16.1 Å². The predicted octanol–water partition coefficient (Wildman–Crippen LogP) is 4.12. The Hall–Kier alpha value is -2.26. The van der Waals surface area contributed by atoms with Gasteiger partial charge in [0.1, 0.15) is 0 Å². The van der Waals surface area contributed by atoms with Crippen LogP contribution in [-0.2, 0) is 21.0 Å². The lowest BCUT2D eigenvalue weighted by molar-refractivity contribution is -0.139. The third-order valence-electron chi connectivity index (χ3n) is 2.97. The molecule has 0 aromatic heterocycles. The molecular weight excluding hydrogens is 381 g/mol. The molecule has 25 heavy (non-hydrogen) atoms. The van der Waals surface area contributed by atoms with Crippen LogP contribution in [0.3, 0.4) is 0 Å². The van der Waals surface area contributed by atoms with E-state index in [1.165, 1.54) is 31.2 Å². The Morgan fingerprint density at radius 3 is 2.32 bits per heavy atom. The Balaban J connectivity index is 2.42. The van der Waals surface area contributed by atoms with Crippen LogP contribution >= 0.6 is 11.6 Å². The molecule has 2 aromatic carbocycles. The minimum Gasteiger partial charge on any atom is -0.326 e. The SMILES string of the molecule is CC(=O)Nc1cccc(NS(=O)(=O)c2ccc(Cl)cc2C(F)(F)F)c1. The molecule has 0 heterocycles. The Labute approximate surface area is 146 Å². The number of rotatable bonds is 4. The number of carbonyl (C=O) groups is 1. The van der Waals surface area contributed by atoms with Crippen molar-refractivity contribution in [2.75, 3.05) is 10.0 Å². The summed E-state index contributed by atoms with van der Waals surface area (Å²) in [5.74, 6) is -0.378. The van der Waals surface area contributed by atoms with Crippen LogP contribution in [-0.4, -0.2) is 14.3 Å². The second kappa shape index (κ2) is 6.93. The lowest BCUT2D eigenvalue weighted by Crippen LogP contribution is -2.19. The topological polar surface area (TPSA) is 75.3 Å². The maximum atomic E-state index is 13.1. The number of carbonyl (C=O) groups excluding carboxylic acids is 1. The smallest absolute Gasteiger partial charge is 0.326 e. The summed E-state index contributed by atoms with van der Waals surface area (Å²) < 4.78 is 66.1. The Bertz CT molecular complexity index is 914. The number of hydrogen-bond acceptors (Lipinski definition) is 3. The average molecular weight is 393 g/mol. The Morgan fingerprint density at radius 2 is 1.72 bits per heavy atom. The van der Waals surface area contributed by atoms with E-state index in [-0.39, 0.29) is 16.6 Å². The molecule has 0 saturated carbocycles. The van der Waals surface area contributed by atoms with Gasteiger partial charge in [0.2, 0.25) is 5.91 Å². The van der Waals surface area contributed by atoms with Gasteiger partial charge in [-0.05, 0) is 36.4 Å². The first-order chi connectivity index (χ1) is 11.5. The Kier molecular flexibility index (Phi) is 5.28. The molecule has 2 aromatic rings. The summed E-state index contributed by atoms with van der Waals surface area (Å²) >= 11 is 5.55. The third-order valence-corrected chi connectivity index (χ3v) is 4.65. The van der Waals surface area contributed by atoms with Crippen LogP contribution in [0.1, 0.15) is 12.5 Å². The number of amides is 1. The number of halogens is 4. The van der Waals surface area contributed by atoms with E-state index < -0.39 is 26.7 Å². The molecule has 0 fully saturated rings. The molecule has 0 atom stereocenters. The van der Waals surface area contributed by atoms with Crippen molar-refractivity contribution in [3.05, 3.63) is 53.1 Å². The van der Waals surface area contributed by atoms with Gasteiger partial charge in [-0.1, -0.05) is 17.7 Å². The fourth-order valence-electron chi connectivity index (χ4n) is 2.03. The quantitative estimate of drug-likeness (QED) is 0.821. The van der Waals surface area contributed by atoms with Gasteiger partial charge in [0, 0.05) is 17.6 Å². The van der Waals surface area contributed by atoms with Gasteiger partial charge in [-0.3, -0.25) is 9.52 Å². The summed E-state index contributed by atoms with van der Waals surface area (Å²) in [5.41, 5.74) is -1.08. The van der Waals surface area contributed by atoms with Gasteiger partial charge in [-0.2, -0.15) is 13.2 Å². The highest BCUT2D eigenvalue weighted by atomic mass is 35.5. The molecule has 0 aliphatic rings. The highest BCUT2D eigenvalue weighted by Crippen LogP contribution is 2.36. The van der Waals surface area contributed by atoms with Crippen LogP contribution in [0.5, 0.6) is 0 Å². The van der Waals surface area contributed by atoms with E-state index in [0.717, 1.165) is 12.1 Å². The second-order valence-corrected chi connectivity index (χ2v) is 7.09. The molecule has 134 valence electrons. The molecule has 10 heteroatoms. The largest absolute Gasteiger partial charge is 0.417 e. The summed E-state index contributed by atoms with van der Waals surface area (Å²) in [6.07, 6.45) is -4.90. The molecule has 0 radical (unpaired) electrons. The summed E-state index contributed by atoms with van der Waals surface area (Å²) in [5, 5.41) is 2.21. The number of anilines is 2. The molecule has 1 amide bonds. The number of nitrogens with one attached hydrogen (secondary N) is 2. The first-order valence-electron chi connectivity index (χ1n) is 6.76. The summed E-state index contributed by atoms with van der Waals surface area (Å²) in [4.78, 5) is 10.1. The molecule has 0 aliphatic carbocycles. The van der Waals surface area contributed by atoms with Gasteiger partial charge in [-0.25, -0.2) is 8.42 Å². The monoisotopic (exact) mass is 392 g/mol. The molecule has 0 saturated heterocycles. The molecule has 2 rings (SSSR count). The zero-order chi connectivity index (χ0) is 18.8. The third kappa shape index (κ3) is 4.86. The number of hydrogen-bond donors (Lipinski definition) is 2. The van der Waals surface area contributed by atoms with Gasteiger partial charge in [0.25, 0.3) is 10.0 Å². The minimum absolute atomic E-state index is 0.00526. The van der Waals surface area contributed by atoms with E-state index in [9.17, 15) is 26.4 Å². The molecule has 0 aliphatic heterocycles. The zero-order valence-corrected chi connectivity index (χ0v) is 14.3. The van der Waals surface area contributed by atoms with Crippen LogP contribution in [0.15, 0.2) is 47.4 Å². The number of sulfonamides is 1. The van der Waals surface area contributed by atoms with Crippen molar-refractivity contribution in [3.63, 3.8) is 0 Å². The standard InChI is InChI=1S/C15H12ClF3N2O3S/c1-9(22)20-11-3-2-4-12(8-11)21-25(23,24)14-6-5-10(16)7-13(14)15(17,18)19/h2-8,21H,1H3,(H,20,22). The van der Waals surface area contributed by atoms with Crippen molar-refractivity contribution in [2.45, 2.75) is 18.0 Å². The fraction of sp³-hybridized carbons (Fsp3) is 0.133. The van der Waals surface area contributed by atoms with Crippen molar-refractivity contribution in [2.24, 2.45) is 0 Å². The highest BCUT2D eigenvalue weighted by molar-refractivity contribution is 7.92. The van der Waals surface area contributed by atoms with Gasteiger partial charge < -0.3 is 5.32 Å². The highest BCUT2D eigenvalue weighted by Gasteiger charge is 2.37. The summed E-state index contributed by atoms with van der Waals surface area (Å²) in [6.45, 7) is 1.26. The number of alkyl halides is 3. The van der Waals surface area contributed by atoms with Crippen molar-refractivity contribution in [1.29, 1.82) is 0 Å². The minimum atomic E-state index is -4.90. The van der Waals surface area contributed by atoms with Crippen LogP contribution in [0, 0.1) is 0 Å². The van der Waals surface area contributed by atoms with Crippen molar-refractivity contribution < 1.29 is 26.4 Å². The molecular formula is C15H12ClF3N2O3S. The summed E-state index contributed by atoms with van der Waals surface area (Å²) in [6, 6.07) is 7.95. The molecule has 5 nitrogen and oxygen atoms in total. The molecule has 0 unspecified atom stereocenters. The van der Waals surface area contributed by atoms with Crippen LogP contribution in [0.4, 0.5) is 24.5 Å². The molecule has 0 bridgehead atoms. The average Bonchev–Trinajstić information content (AvgIpc) is 2.45. The van der Waals surface area contributed by atoms with E-state index in [1.54, 1.807) is 0 Å². The van der Waals surface area contributed by atoms with Crippen molar-refractivity contribution in [1.82, 2.24) is 0 Å². The van der Waals surface area contributed by atoms with E-state index >= 15 is 0 Å². The Morgan fingerprint density at radius 1 is 1.08 bits per heavy atom. The van der Waals surface area contributed by atoms with E-state index in [1.807, 2.05) is 0 Å². The van der Waals surface area contributed by atoms with Crippen molar-refractivity contribution in [3.8, 4) is 0 Å². The van der Waals surface area contributed by atoms with Crippen LogP contribution < -0.4 is 10.0 Å². The van der Waals surface area contributed by atoms with Crippen LogP contribution in [0.2, 0.25) is 5.02 Å². The van der Waals surface area contributed by atoms with Gasteiger partial charge >= 0.3 is 6.18 Å². The van der Waals surface area contributed by atoms with Crippen LogP contribution in [0.25, 0.3) is 0 Å². The maximum absolute atomic E-state index is 13.1. The first-order valence-corrected chi connectivity index (χ1v) is 8.62. The maximum Gasteiger partial charge on any atom is 0.417 e. The second-order valence-electron chi connectivity index (χ2n) is 5.01. The lowest BCUT2D eigenvalue weighted by Gasteiger charge is -2.15. The number of benzene rings is 2. The van der Waals surface area contributed by atoms with Gasteiger partial charge in [0.15, 0.2) is 0 Å². The van der Waals surface area contributed by atoms with E-state index in [0.29, 0.717) is 11.8 Å². The predicted molar refractivity (Wildman–Crippen MR) is 88.0 cm³/mol. The normalized spacial score (nSPS) is 11.9.